The minimum atomic E-state index is -0.154. The number of nitrogens with zero attached hydrogens (tertiary/aromatic N) is 1. The maximum absolute atomic E-state index is 11.4. The van der Waals surface area contributed by atoms with Gasteiger partial charge in [-0.25, -0.2) is 5.43 Å². The summed E-state index contributed by atoms with van der Waals surface area (Å²) in [4.78, 5) is 11.4. The molecule has 0 radical (unpaired) electrons. The predicted octanol–water partition coefficient (Wildman–Crippen LogP) is 1.06. The molecule has 1 heterocycles. The molecule has 4 heteroatoms. The van der Waals surface area contributed by atoms with E-state index in [-0.39, 0.29) is 11.3 Å². The van der Waals surface area contributed by atoms with E-state index < -0.39 is 0 Å². The first-order valence-electron chi connectivity index (χ1n) is 5.34. The van der Waals surface area contributed by atoms with Gasteiger partial charge < -0.3 is 5.73 Å². The fourth-order valence-corrected chi connectivity index (χ4v) is 2.67. The largest absolute Gasteiger partial charge is 0.399 e. The Bertz CT molecular complexity index is 521. The Morgan fingerprint density at radius 3 is 3.06 bits per heavy atom. The van der Waals surface area contributed by atoms with Crippen LogP contribution < -0.4 is 11.2 Å². The van der Waals surface area contributed by atoms with E-state index in [1.54, 1.807) is 0 Å². The van der Waals surface area contributed by atoms with E-state index in [0.29, 0.717) is 6.42 Å². The highest BCUT2D eigenvalue weighted by atomic mass is 16.2. The molecule has 4 nitrogen and oxygen atoms in total. The van der Waals surface area contributed by atoms with Crippen LogP contribution in [0.2, 0.25) is 0 Å². The first-order valence-corrected chi connectivity index (χ1v) is 5.34. The molecule has 0 spiro atoms. The molecule has 0 saturated heterocycles. The van der Waals surface area contributed by atoms with Gasteiger partial charge in [-0.05, 0) is 24.1 Å². The summed E-state index contributed by atoms with van der Waals surface area (Å²) in [5, 5.41) is 4.19. The average Bonchev–Trinajstić information content (AvgIpc) is 2.47. The molecule has 1 unspecified atom stereocenters. The molecule has 0 fully saturated rings. The van der Waals surface area contributed by atoms with Crippen molar-refractivity contribution >= 4 is 17.3 Å². The molecule has 1 amide bonds. The van der Waals surface area contributed by atoms with Crippen molar-refractivity contribution in [1.29, 1.82) is 0 Å². The number of hydrazone groups is 1. The van der Waals surface area contributed by atoms with E-state index in [1.165, 1.54) is 5.56 Å². The van der Waals surface area contributed by atoms with Gasteiger partial charge in [0.1, 0.15) is 0 Å². The Morgan fingerprint density at radius 2 is 2.25 bits per heavy atom. The van der Waals surface area contributed by atoms with Gasteiger partial charge in [0.15, 0.2) is 0 Å². The lowest BCUT2D eigenvalue weighted by atomic mass is 9.81. The van der Waals surface area contributed by atoms with Crippen molar-refractivity contribution in [3.05, 3.63) is 29.3 Å². The van der Waals surface area contributed by atoms with Crippen molar-refractivity contribution in [2.75, 3.05) is 5.73 Å². The zero-order valence-corrected chi connectivity index (χ0v) is 9.08. The monoisotopic (exact) mass is 215 g/mol. The molecule has 0 aromatic heterocycles. The molecule has 1 aromatic rings. The van der Waals surface area contributed by atoms with E-state index >= 15 is 0 Å². The number of benzene rings is 1. The highest BCUT2D eigenvalue weighted by Crippen LogP contribution is 2.41. The van der Waals surface area contributed by atoms with E-state index in [4.69, 9.17) is 5.73 Å². The predicted molar refractivity (Wildman–Crippen MR) is 62.0 cm³/mol. The lowest BCUT2D eigenvalue weighted by molar-refractivity contribution is -0.122. The van der Waals surface area contributed by atoms with Crippen LogP contribution in [0.15, 0.2) is 23.3 Å². The Balaban J connectivity index is 2.16. The number of nitrogens with two attached hydrogens (primary N) is 1. The third-order valence-corrected chi connectivity index (χ3v) is 3.38. The van der Waals surface area contributed by atoms with Crippen molar-refractivity contribution in [1.82, 2.24) is 5.43 Å². The van der Waals surface area contributed by atoms with Crippen LogP contribution in [-0.2, 0) is 11.2 Å². The number of anilines is 1. The van der Waals surface area contributed by atoms with Gasteiger partial charge in [-0.2, -0.15) is 5.10 Å². The molecule has 3 N–H and O–H groups in total. The second kappa shape index (κ2) is 2.84. The maximum Gasteiger partial charge on any atom is 0.241 e. The first kappa shape index (κ1) is 9.39. The molecule has 3 rings (SSSR count). The normalized spacial score (nSPS) is 26.8. The summed E-state index contributed by atoms with van der Waals surface area (Å²) in [7, 11) is 0. The smallest absolute Gasteiger partial charge is 0.241 e. The van der Waals surface area contributed by atoms with Crippen molar-refractivity contribution in [3.63, 3.8) is 0 Å². The van der Waals surface area contributed by atoms with Crippen LogP contribution in [0.3, 0.4) is 0 Å². The standard InChI is InChI=1S/C12H13N3O/c1-12-5-7-4-8(13)2-3-9(7)11(12)15-14-10(16)6-12/h2-4H,5-6,13H2,1H3,(H,14,16). The SMILES string of the molecule is CC12CC(=O)NN=C1c1ccc(N)cc1C2. The lowest BCUT2D eigenvalue weighted by Crippen LogP contribution is -2.38. The van der Waals surface area contributed by atoms with Gasteiger partial charge in [0, 0.05) is 23.1 Å². The van der Waals surface area contributed by atoms with Crippen LogP contribution in [0.25, 0.3) is 0 Å². The fourth-order valence-electron chi connectivity index (χ4n) is 2.67. The van der Waals surface area contributed by atoms with Crippen LogP contribution in [0.4, 0.5) is 5.69 Å². The van der Waals surface area contributed by atoms with Crippen molar-refractivity contribution in [3.8, 4) is 0 Å². The molecule has 1 aliphatic carbocycles. The van der Waals surface area contributed by atoms with Crippen LogP contribution in [-0.4, -0.2) is 11.6 Å². The van der Waals surface area contributed by atoms with Crippen LogP contribution in [0.1, 0.15) is 24.5 Å². The summed E-state index contributed by atoms with van der Waals surface area (Å²) < 4.78 is 0. The Morgan fingerprint density at radius 1 is 1.44 bits per heavy atom. The number of amides is 1. The topological polar surface area (TPSA) is 67.5 Å². The van der Waals surface area contributed by atoms with E-state index in [1.807, 2.05) is 18.2 Å². The maximum atomic E-state index is 11.4. The van der Waals surface area contributed by atoms with Crippen molar-refractivity contribution < 1.29 is 4.79 Å². The van der Waals surface area contributed by atoms with E-state index in [9.17, 15) is 4.79 Å². The van der Waals surface area contributed by atoms with Gasteiger partial charge in [0.25, 0.3) is 0 Å². The molecule has 1 aromatic carbocycles. The summed E-state index contributed by atoms with van der Waals surface area (Å²) in [6.07, 6.45) is 1.35. The number of hydrogen-bond acceptors (Lipinski definition) is 3. The Labute approximate surface area is 93.5 Å². The van der Waals surface area contributed by atoms with E-state index in [0.717, 1.165) is 23.4 Å². The highest BCUT2D eigenvalue weighted by Gasteiger charge is 2.43. The molecule has 2 aliphatic rings. The summed E-state index contributed by atoms with van der Waals surface area (Å²) in [5.74, 6) is -0.00738. The van der Waals surface area contributed by atoms with Gasteiger partial charge in [0.05, 0.1) is 5.71 Å². The first-order chi connectivity index (χ1) is 7.58. The second-order valence-corrected chi connectivity index (χ2v) is 4.83. The van der Waals surface area contributed by atoms with Crippen molar-refractivity contribution in [2.24, 2.45) is 10.5 Å². The van der Waals surface area contributed by atoms with Crippen LogP contribution in [0, 0.1) is 5.41 Å². The molecule has 0 saturated carbocycles. The second-order valence-electron chi connectivity index (χ2n) is 4.83. The number of carbonyl (C=O) groups is 1. The molecule has 0 bridgehead atoms. The van der Waals surface area contributed by atoms with Crippen LogP contribution in [0.5, 0.6) is 0 Å². The number of hydrogen-bond donors (Lipinski definition) is 2. The van der Waals surface area contributed by atoms with Gasteiger partial charge in [-0.15, -0.1) is 0 Å². The molecular weight excluding hydrogens is 202 g/mol. The minimum absolute atomic E-state index is 0.00738. The third-order valence-electron chi connectivity index (χ3n) is 3.38. The third kappa shape index (κ3) is 1.16. The highest BCUT2D eigenvalue weighted by molar-refractivity contribution is 6.11. The molecule has 82 valence electrons. The number of rotatable bonds is 0. The Hall–Kier alpha value is -1.84. The van der Waals surface area contributed by atoms with E-state index in [2.05, 4.69) is 17.5 Å². The van der Waals surface area contributed by atoms with Crippen molar-refractivity contribution in [2.45, 2.75) is 19.8 Å². The molecule has 16 heavy (non-hydrogen) atoms. The van der Waals surface area contributed by atoms with Crippen LogP contribution >= 0.6 is 0 Å². The summed E-state index contributed by atoms with van der Waals surface area (Å²) in [6.45, 7) is 2.08. The van der Waals surface area contributed by atoms with Gasteiger partial charge in [-0.3, -0.25) is 4.79 Å². The molecular formula is C12H13N3O. The zero-order chi connectivity index (χ0) is 11.3. The number of nitrogens with one attached hydrogen (secondary N) is 1. The quantitative estimate of drug-likeness (QED) is 0.635. The number of fused-ring (bicyclic) bond motifs is 3. The summed E-state index contributed by atoms with van der Waals surface area (Å²) in [5.41, 5.74) is 12.2. The Kier molecular flexibility index (Phi) is 1.67. The van der Waals surface area contributed by atoms with Gasteiger partial charge >= 0.3 is 0 Å². The zero-order valence-electron chi connectivity index (χ0n) is 9.08. The molecule has 1 aliphatic heterocycles. The number of carbonyl (C=O) groups excluding carboxylic acids is 1. The fraction of sp³-hybridized carbons (Fsp3) is 0.333. The lowest BCUT2D eigenvalue weighted by Gasteiger charge is -2.27. The van der Waals surface area contributed by atoms with Gasteiger partial charge in [0.2, 0.25) is 5.91 Å². The van der Waals surface area contributed by atoms with Gasteiger partial charge in [-0.1, -0.05) is 13.0 Å². The number of nitrogen functional groups attached to an aromatic ring is 1. The average molecular weight is 215 g/mol. The minimum Gasteiger partial charge on any atom is -0.399 e. The summed E-state index contributed by atoms with van der Waals surface area (Å²) in [6, 6.07) is 5.85. The summed E-state index contributed by atoms with van der Waals surface area (Å²) >= 11 is 0. The molecule has 1 atom stereocenters.